The number of pyridine rings is 1. The van der Waals surface area contributed by atoms with E-state index in [4.69, 9.17) is 5.73 Å². The zero-order valence-electron chi connectivity index (χ0n) is 12.1. The van der Waals surface area contributed by atoms with Gasteiger partial charge in [-0.15, -0.1) is 0 Å². The van der Waals surface area contributed by atoms with Crippen molar-refractivity contribution in [2.75, 3.05) is 5.73 Å². The van der Waals surface area contributed by atoms with Gasteiger partial charge < -0.3 is 11.1 Å². The van der Waals surface area contributed by atoms with Gasteiger partial charge in [0.1, 0.15) is 5.82 Å². The van der Waals surface area contributed by atoms with Gasteiger partial charge in [-0.05, 0) is 35.7 Å². The Morgan fingerprint density at radius 1 is 1.33 bits per heavy atom. The van der Waals surface area contributed by atoms with Crippen LogP contribution in [0.25, 0.3) is 0 Å². The lowest BCUT2D eigenvalue weighted by molar-refractivity contribution is 0.0950. The Morgan fingerprint density at radius 3 is 2.76 bits per heavy atom. The Bertz CT molecular complexity index is 656. The van der Waals surface area contributed by atoms with E-state index in [-0.39, 0.29) is 11.8 Å². The van der Waals surface area contributed by atoms with Crippen LogP contribution in [0.15, 0.2) is 40.9 Å². The number of carbonyl (C=O) groups excluding carboxylic acids is 1. The number of hydrogen-bond donors (Lipinski definition) is 2. The zero-order chi connectivity index (χ0) is 15.4. The van der Waals surface area contributed by atoms with Crippen LogP contribution >= 0.6 is 15.9 Å². The number of rotatable bonds is 4. The monoisotopic (exact) mass is 347 g/mol. The van der Waals surface area contributed by atoms with Crippen LogP contribution in [0.3, 0.4) is 0 Å². The van der Waals surface area contributed by atoms with E-state index in [0.29, 0.717) is 17.9 Å². The number of nitrogens with one attached hydrogen (secondary N) is 1. The maximum atomic E-state index is 12.2. The molecule has 0 saturated heterocycles. The van der Waals surface area contributed by atoms with Crippen LogP contribution in [0.1, 0.15) is 41.4 Å². The minimum atomic E-state index is -0.147. The highest BCUT2D eigenvalue weighted by molar-refractivity contribution is 9.10. The van der Waals surface area contributed by atoms with Gasteiger partial charge in [-0.3, -0.25) is 4.79 Å². The summed E-state index contributed by atoms with van der Waals surface area (Å²) < 4.78 is 0.990. The van der Waals surface area contributed by atoms with Crippen LogP contribution in [0.5, 0.6) is 0 Å². The molecule has 1 heterocycles. The Balaban J connectivity index is 2.10. The average molecular weight is 348 g/mol. The maximum Gasteiger partial charge on any atom is 0.251 e. The Hall–Kier alpha value is -1.88. The molecule has 2 rings (SSSR count). The Labute approximate surface area is 132 Å². The number of nitrogen functional groups attached to an aromatic ring is 1. The summed E-state index contributed by atoms with van der Waals surface area (Å²) in [5.41, 5.74) is 8.16. The van der Waals surface area contributed by atoms with Crippen molar-refractivity contribution in [2.24, 2.45) is 0 Å². The van der Waals surface area contributed by atoms with E-state index >= 15 is 0 Å². The largest absolute Gasteiger partial charge is 0.384 e. The molecular formula is C16H18BrN3O. The summed E-state index contributed by atoms with van der Waals surface area (Å²) in [4.78, 5) is 16.5. The SMILES string of the molecule is CC(C)c1cc(C(=O)NCc2cccc(Br)c2)cc(N)n1. The van der Waals surface area contributed by atoms with E-state index in [1.807, 2.05) is 38.1 Å². The van der Waals surface area contributed by atoms with Crippen molar-refractivity contribution < 1.29 is 4.79 Å². The molecule has 0 radical (unpaired) electrons. The average Bonchev–Trinajstić information content (AvgIpc) is 2.44. The second-order valence-corrected chi connectivity index (χ2v) is 6.09. The van der Waals surface area contributed by atoms with Crippen molar-refractivity contribution in [2.45, 2.75) is 26.3 Å². The van der Waals surface area contributed by atoms with Crippen LogP contribution in [-0.2, 0) is 6.54 Å². The molecule has 3 N–H and O–H groups in total. The molecule has 2 aromatic rings. The normalized spacial score (nSPS) is 10.7. The quantitative estimate of drug-likeness (QED) is 0.889. The summed E-state index contributed by atoms with van der Waals surface area (Å²) in [6.45, 7) is 4.51. The van der Waals surface area contributed by atoms with Gasteiger partial charge in [-0.25, -0.2) is 4.98 Å². The van der Waals surface area contributed by atoms with E-state index < -0.39 is 0 Å². The van der Waals surface area contributed by atoms with Crippen LogP contribution in [-0.4, -0.2) is 10.9 Å². The maximum absolute atomic E-state index is 12.2. The molecule has 0 saturated carbocycles. The molecule has 0 aliphatic carbocycles. The van der Waals surface area contributed by atoms with Crippen LogP contribution in [0, 0.1) is 0 Å². The van der Waals surface area contributed by atoms with Gasteiger partial charge >= 0.3 is 0 Å². The molecule has 0 unspecified atom stereocenters. The van der Waals surface area contributed by atoms with Crippen molar-refractivity contribution in [1.82, 2.24) is 10.3 Å². The summed E-state index contributed by atoms with van der Waals surface area (Å²) in [6, 6.07) is 11.2. The van der Waals surface area contributed by atoms with Crippen LogP contribution < -0.4 is 11.1 Å². The third-order valence-electron chi connectivity index (χ3n) is 3.06. The first-order valence-corrected chi connectivity index (χ1v) is 7.55. The lowest BCUT2D eigenvalue weighted by Gasteiger charge is -2.10. The fraction of sp³-hybridized carbons (Fsp3) is 0.250. The second kappa shape index (κ2) is 6.72. The first-order valence-electron chi connectivity index (χ1n) is 6.76. The second-order valence-electron chi connectivity index (χ2n) is 5.17. The third kappa shape index (κ3) is 4.29. The molecule has 0 atom stereocenters. The summed E-state index contributed by atoms with van der Waals surface area (Å²) in [5.74, 6) is 0.449. The van der Waals surface area contributed by atoms with Gasteiger partial charge in [0.15, 0.2) is 0 Å². The van der Waals surface area contributed by atoms with E-state index in [9.17, 15) is 4.79 Å². The molecular weight excluding hydrogens is 330 g/mol. The van der Waals surface area contributed by atoms with E-state index in [1.54, 1.807) is 12.1 Å². The van der Waals surface area contributed by atoms with Gasteiger partial charge in [0.25, 0.3) is 5.91 Å². The number of aromatic nitrogens is 1. The molecule has 0 spiro atoms. The Kier molecular flexibility index (Phi) is 4.96. The number of halogens is 1. The van der Waals surface area contributed by atoms with Gasteiger partial charge in [-0.2, -0.15) is 0 Å². The third-order valence-corrected chi connectivity index (χ3v) is 3.55. The molecule has 1 aromatic heterocycles. The van der Waals surface area contributed by atoms with Gasteiger partial charge in [-0.1, -0.05) is 41.9 Å². The minimum absolute atomic E-state index is 0.147. The zero-order valence-corrected chi connectivity index (χ0v) is 13.6. The number of nitrogens with two attached hydrogens (primary N) is 1. The van der Waals surface area contributed by atoms with E-state index in [2.05, 4.69) is 26.2 Å². The number of nitrogens with zero attached hydrogens (tertiary/aromatic N) is 1. The van der Waals surface area contributed by atoms with E-state index in [1.165, 1.54) is 0 Å². The number of benzene rings is 1. The van der Waals surface area contributed by atoms with Crippen molar-refractivity contribution in [1.29, 1.82) is 0 Å². The van der Waals surface area contributed by atoms with Crippen molar-refractivity contribution in [3.63, 3.8) is 0 Å². The van der Waals surface area contributed by atoms with Gasteiger partial charge in [0.2, 0.25) is 0 Å². The highest BCUT2D eigenvalue weighted by atomic mass is 79.9. The summed E-state index contributed by atoms with van der Waals surface area (Å²) in [6.07, 6.45) is 0. The molecule has 21 heavy (non-hydrogen) atoms. The molecule has 1 amide bonds. The van der Waals surface area contributed by atoms with Crippen LogP contribution in [0.2, 0.25) is 0 Å². The number of hydrogen-bond acceptors (Lipinski definition) is 3. The fourth-order valence-corrected chi connectivity index (χ4v) is 2.38. The highest BCUT2D eigenvalue weighted by Gasteiger charge is 2.10. The molecule has 4 nitrogen and oxygen atoms in total. The fourth-order valence-electron chi connectivity index (χ4n) is 1.93. The van der Waals surface area contributed by atoms with Crippen molar-refractivity contribution in [3.05, 3.63) is 57.7 Å². The first-order chi connectivity index (χ1) is 9.95. The lowest BCUT2D eigenvalue weighted by atomic mass is 10.1. The van der Waals surface area contributed by atoms with Gasteiger partial charge in [0, 0.05) is 22.3 Å². The van der Waals surface area contributed by atoms with Crippen LogP contribution in [0.4, 0.5) is 5.82 Å². The smallest absolute Gasteiger partial charge is 0.251 e. The molecule has 0 aliphatic rings. The van der Waals surface area contributed by atoms with Crippen molar-refractivity contribution >= 4 is 27.7 Å². The topological polar surface area (TPSA) is 68.0 Å². The van der Waals surface area contributed by atoms with Gasteiger partial charge in [0.05, 0.1) is 0 Å². The molecule has 0 bridgehead atoms. The highest BCUT2D eigenvalue weighted by Crippen LogP contribution is 2.16. The predicted molar refractivity (Wildman–Crippen MR) is 88.1 cm³/mol. The molecule has 1 aromatic carbocycles. The van der Waals surface area contributed by atoms with E-state index in [0.717, 1.165) is 15.7 Å². The molecule has 0 aliphatic heterocycles. The summed E-state index contributed by atoms with van der Waals surface area (Å²) >= 11 is 3.41. The first kappa shape index (κ1) is 15.5. The molecule has 5 heteroatoms. The standard InChI is InChI=1S/C16H18BrN3O/c1-10(2)14-7-12(8-15(18)20-14)16(21)19-9-11-4-3-5-13(17)6-11/h3-8,10H,9H2,1-2H3,(H2,18,20)(H,19,21). The number of carbonyl (C=O) groups is 1. The minimum Gasteiger partial charge on any atom is -0.384 e. The number of anilines is 1. The molecule has 110 valence electrons. The number of amides is 1. The predicted octanol–water partition coefficient (Wildman–Crippen LogP) is 3.48. The summed E-state index contributed by atoms with van der Waals surface area (Å²) in [5, 5.41) is 2.89. The Morgan fingerprint density at radius 2 is 2.10 bits per heavy atom. The summed E-state index contributed by atoms with van der Waals surface area (Å²) in [7, 11) is 0. The molecule has 0 fully saturated rings. The lowest BCUT2D eigenvalue weighted by Crippen LogP contribution is -2.23. The van der Waals surface area contributed by atoms with Crippen molar-refractivity contribution in [3.8, 4) is 0 Å².